The van der Waals surface area contributed by atoms with Crippen LogP contribution in [0, 0.1) is 11.6 Å². The number of carbonyl (C=O) groups is 2. The Kier molecular flexibility index (Phi) is 4.41. The zero-order chi connectivity index (χ0) is 20.0. The highest BCUT2D eigenvalue weighted by Crippen LogP contribution is 2.33. The molecule has 1 saturated heterocycles. The third-order valence-corrected chi connectivity index (χ3v) is 4.34. The Morgan fingerprint density at radius 2 is 1.78 bits per heavy atom. The first-order valence-corrected chi connectivity index (χ1v) is 7.78. The molecule has 27 heavy (non-hydrogen) atoms. The molecule has 1 N–H and O–H groups in total. The summed E-state index contributed by atoms with van der Waals surface area (Å²) in [6.45, 7) is 0.762. The highest BCUT2D eigenvalue weighted by molar-refractivity contribution is 6.07. The second kappa shape index (κ2) is 6.33. The van der Waals surface area contributed by atoms with E-state index in [4.69, 9.17) is 0 Å². The Hall–Kier alpha value is -2.97. The average Bonchev–Trinajstić information content (AvgIpc) is 2.81. The van der Waals surface area contributed by atoms with Crippen LogP contribution in [0.25, 0.3) is 0 Å². The van der Waals surface area contributed by atoms with E-state index in [2.05, 4.69) is 5.32 Å². The fraction of sp³-hybridized carbons (Fsp3) is 0.222. The Morgan fingerprint density at radius 3 is 2.44 bits per heavy atom. The van der Waals surface area contributed by atoms with Crippen LogP contribution in [0.15, 0.2) is 42.5 Å². The van der Waals surface area contributed by atoms with E-state index in [0.717, 1.165) is 36.4 Å². The lowest BCUT2D eigenvalue weighted by atomic mass is 9.91. The molecular weight excluding hydrogens is 371 g/mol. The average molecular weight is 384 g/mol. The number of hydrogen-bond acceptors (Lipinski definition) is 2. The topological polar surface area (TPSA) is 49.4 Å². The number of carbonyl (C=O) groups excluding carboxylic acids is 2. The summed E-state index contributed by atoms with van der Waals surface area (Å²) in [6, 6.07) is 5.73. The quantitative estimate of drug-likeness (QED) is 0.644. The van der Waals surface area contributed by atoms with Gasteiger partial charge >= 0.3 is 12.2 Å². The van der Waals surface area contributed by atoms with Crippen molar-refractivity contribution in [2.24, 2.45) is 0 Å². The van der Waals surface area contributed by atoms with Crippen LogP contribution < -0.4 is 5.32 Å². The predicted octanol–water partition coefficient (Wildman–Crippen LogP) is 3.95. The molecule has 0 bridgehead atoms. The third-order valence-electron chi connectivity index (χ3n) is 4.34. The van der Waals surface area contributed by atoms with Gasteiger partial charge in [-0.15, -0.1) is 0 Å². The smallest absolute Gasteiger partial charge is 0.319 e. The summed E-state index contributed by atoms with van der Waals surface area (Å²) >= 11 is 0. The van der Waals surface area contributed by atoms with Crippen molar-refractivity contribution in [2.45, 2.75) is 25.2 Å². The van der Waals surface area contributed by atoms with E-state index in [9.17, 15) is 31.5 Å². The van der Waals surface area contributed by atoms with Gasteiger partial charge in [-0.05, 0) is 42.8 Å². The molecule has 1 aliphatic heterocycles. The van der Waals surface area contributed by atoms with E-state index in [1.54, 1.807) is 0 Å². The Bertz CT molecular complexity index is 928. The molecule has 0 aliphatic carbocycles. The van der Waals surface area contributed by atoms with Crippen molar-refractivity contribution in [1.29, 1.82) is 0 Å². The van der Waals surface area contributed by atoms with Crippen molar-refractivity contribution in [3.63, 3.8) is 0 Å². The second-order valence-electron chi connectivity index (χ2n) is 6.27. The van der Waals surface area contributed by atoms with E-state index in [1.807, 2.05) is 0 Å². The van der Waals surface area contributed by atoms with Crippen molar-refractivity contribution >= 4 is 11.9 Å². The van der Waals surface area contributed by atoms with Crippen LogP contribution in [0.1, 0.15) is 23.6 Å². The lowest BCUT2D eigenvalue weighted by Crippen LogP contribution is -2.41. The fourth-order valence-electron chi connectivity index (χ4n) is 2.93. The van der Waals surface area contributed by atoms with Crippen LogP contribution in [-0.4, -0.2) is 16.8 Å². The van der Waals surface area contributed by atoms with Gasteiger partial charge in [0.05, 0.1) is 12.1 Å². The molecule has 1 heterocycles. The SMILES string of the molecule is C[C@@]1(c2cc(F)ccc2F)NC(=O)N(Cc2cccc(C(F)(F)F)c2)C1=O. The zero-order valence-corrected chi connectivity index (χ0v) is 13.9. The molecule has 2 aromatic rings. The number of halogens is 5. The van der Waals surface area contributed by atoms with Gasteiger partial charge in [0.1, 0.15) is 17.2 Å². The predicted molar refractivity (Wildman–Crippen MR) is 84.2 cm³/mol. The van der Waals surface area contributed by atoms with Gasteiger partial charge < -0.3 is 5.32 Å². The molecule has 0 radical (unpaired) electrons. The molecule has 3 amide bonds. The molecule has 0 unspecified atom stereocenters. The van der Waals surface area contributed by atoms with Crippen LogP contribution in [0.4, 0.5) is 26.7 Å². The second-order valence-corrected chi connectivity index (χ2v) is 6.27. The van der Waals surface area contributed by atoms with Crippen molar-refractivity contribution in [3.05, 3.63) is 70.8 Å². The summed E-state index contributed by atoms with van der Waals surface area (Å²) in [5.74, 6) is -2.59. The molecule has 1 fully saturated rings. The molecule has 9 heteroatoms. The molecule has 3 rings (SSSR count). The number of rotatable bonds is 3. The van der Waals surface area contributed by atoms with Gasteiger partial charge in [-0.1, -0.05) is 12.1 Å². The first-order chi connectivity index (χ1) is 12.5. The normalized spacial score (nSPS) is 20.1. The number of nitrogens with one attached hydrogen (secondary N) is 1. The largest absolute Gasteiger partial charge is 0.416 e. The molecule has 2 aromatic carbocycles. The highest BCUT2D eigenvalue weighted by atomic mass is 19.4. The maximum absolute atomic E-state index is 14.1. The van der Waals surface area contributed by atoms with E-state index < -0.39 is 47.4 Å². The van der Waals surface area contributed by atoms with Gasteiger partial charge in [-0.25, -0.2) is 13.6 Å². The molecule has 1 atom stereocenters. The van der Waals surface area contributed by atoms with Gasteiger partial charge in [0, 0.05) is 5.56 Å². The minimum absolute atomic E-state index is 0.0669. The van der Waals surface area contributed by atoms with Gasteiger partial charge in [0.2, 0.25) is 0 Å². The molecular formula is C18H13F5N2O2. The first kappa shape index (κ1) is 18.8. The molecule has 4 nitrogen and oxygen atoms in total. The summed E-state index contributed by atoms with van der Waals surface area (Å²) in [5.41, 5.74) is -3.10. The molecule has 0 aromatic heterocycles. The molecule has 1 aliphatic rings. The number of benzene rings is 2. The molecule has 142 valence electrons. The summed E-state index contributed by atoms with van der Waals surface area (Å²) in [7, 11) is 0. The first-order valence-electron chi connectivity index (χ1n) is 7.78. The lowest BCUT2D eigenvalue weighted by molar-refractivity contribution is -0.137. The Balaban J connectivity index is 1.92. The number of nitrogens with zero attached hydrogens (tertiary/aromatic N) is 1. The van der Waals surface area contributed by atoms with E-state index >= 15 is 0 Å². The number of hydrogen-bond donors (Lipinski definition) is 1. The van der Waals surface area contributed by atoms with Crippen LogP contribution in [-0.2, 0) is 23.1 Å². The van der Waals surface area contributed by atoms with Crippen LogP contribution >= 0.6 is 0 Å². The fourth-order valence-corrected chi connectivity index (χ4v) is 2.93. The minimum atomic E-state index is -4.58. The maximum Gasteiger partial charge on any atom is 0.416 e. The van der Waals surface area contributed by atoms with Crippen molar-refractivity contribution < 1.29 is 31.5 Å². The Morgan fingerprint density at radius 1 is 1.07 bits per heavy atom. The minimum Gasteiger partial charge on any atom is -0.319 e. The van der Waals surface area contributed by atoms with Crippen molar-refractivity contribution in [3.8, 4) is 0 Å². The van der Waals surface area contributed by atoms with E-state index in [1.165, 1.54) is 13.0 Å². The Labute approximate surface area is 150 Å². The van der Waals surface area contributed by atoms with Crippen LogP contribution in [0.2, 0.25) is 0 Å². The van der Waals surface area contributed by atoms with Crippen LogP contribution in [0.3, 0.4) is 0 Å². The van der Waals surface area contributed by atoms with Crippen molar-refractivity contribution in [2.75, 3.05) is 0 Å². The van der Waals surface area contributed by atoms with Gasteiger partial charge in [0.25, 0.3) is 5.91 Å². The molecule has 0 saturated carbocycles. The summed E-state index contributed by atoms with van der Waals surface area (Å²) in [6.07, 6.45) is -4.58. The summed E-state index contributed by atoms with van der Waals surface area (Å²) < 4.78 is 66.0. The standard InChI is InChI=1S/C18H13F5N2O2/c1-17(13-8-12(19)5-6-14(13)20)15(26)25(16(27)24-17)9-10-3-2-4-11(7-10)18(21,22)23/h2-8H,9H2,1H3,(H,24,27)/t17-/m0/s1. The lowest BCUT2D eigenvalue weighted by Gasteiger charge is -2.23. The number of alkyl halides is 3. The van der Waals surface area contributed by atoms with Crippen molar-refractivity contribution in [1.82, 2.24) is 10.2 Å². The monoisotopic (exact) mass is 384 g/mol. The maximum atomic E-state index is 14.1. The van der Waals surface area contributed by atoms with E-state index in [0.29, 0.717) is 4.90 Å². The van der Waals surface area contributed by atoms with Gasteiger partial charge in [0.15, 0.2) is 0 Å². The zero-order valence-electron chi connectivity index (χ0n) is 13.9. The van der Waals surface area contributed by atoms with Crippen LogP contribution in [0.5, 0.6) is 0 Å². The van der Waals surface area contributed by atoms with Gasteiger partial charge in [-0.3, -0.25) is 9.69 Å². The summed E-state index contributed by atoms with van der Waals surface area (Å²) in [4.78, 5) is 25.6. The third kappa shape index (κ3) is 3.36. The van der Waals surface area contributed by atoms with Gasteiger partial charge in [-0.2, -0.15) is 13.2 Å². The number of amides is 3. The summed E-state index contributed by atoms with van der Waals surface area (Å²) in [5, 5.41) is 2.29. The highest BCUT2D eigenvalue weighted by Gasteiger charge is 2.50. The number of urea groups is 1. The van der Waals surface area contributed by atoms with E-state index in [-0.39, 0.29) is 11.1 Å². The molecule has 0 spiro atoms. The number of imide groups is 1.